The van der Waals surface area contributed by atoms with Crippen molar-refractivity contribution in [2.24, 2.45) is 0 Å². The van der Waals surface area contributed by atoms with E-state index in [0.717, 1.165) is 33.8 Å². The van der Waals surface area contributed by atoms with E-state index in [1.807, 2.05) is 38.3 Å². The summed E-state index contributed by atoms with van der Waals surface area (Å²) in [7, 11) is 1.08. The van der Waals surface area contributed by atoms with Gasteiger partial charge in [-0.25, -0.2) is 0 Å². The first kappa shape index (κ1) is 23.8. The predicted octanol–water partition coefficient (Wildman–Crippen LogP) is 5.42. The molecule has 2 rings (SSSR count). The molecule has 29 heavy (non-hydrogen) atoms. The molecule has 0 saturated carbocycles. The van der Waals surface area contributed by atoms with E-state index < -0.39 is 7.60 Å². The normalized spacial score (nSPS) is 11.5. The molecule has 0 amide bonds. The van der Waals surface area contributed by atoms with E-state index in [0.29, 0.717) is 5.75 Å². The molecule has 0 atom stereocenters. The van der Waals surface area contributed by atoms with Crippen LogP contribution in [0.3, 0.4) is 0 Å². The fraction of sp³-hybridized carbons (Fsp3) is 0.429. The number of thioether (sulfide) groups is 1. The maximum absolute atomic E-state index is 12.2. The minimum absolute atomic E-state index is 0.136. The van der Waals surface area contributed by atoms with Crippen LogP contribution in [0, 0.1) is 13.8 Å². The van der Waals surface area contributed by atoms with Crippen LogP contribution < -0.4 is 9.47 Å². The lowest BCUT2D eigenvalue weighted by molar-refractivity contribution is 0.0503. The highest BCUT2D eigenvalue weighted by Gasteiger charge is 2.22. The fourth-order valence-electron chi connectivity index (χ4n) is 2.90. The van der Waals surface area contributed by atoms with Crippen LogP contribution in [0.5, 0.6) is 11.5 Å². The Morgan fingerprint density at radius 1 is 0.966 bits per heavy atom. The molecule has 6 nitrogen and oxygen atoms in total. The molecule has 0 fully saturated rings. The standard InChI is InChI=1S/C21H29O6PS/c1-15-9-18(27-14-28(22,24-4)25-5)10-16(2)20(15)11-17-7-8-19(29-6)12-21(17)26-13-23-3/h7-10,12H,11,13-14H2,1-6H3. The van der Waals surface area contributed by atoms with Crippen LogP contribution in [0.4, 0.5) is 0 Å². The molecule has 0 heterocycles. The maximum atomic E-state index is 12.2. The molecule has 0 aliphatic carbocycles. The fourth-order valence-corrected chi connectivity index (χ4v) is 4.00. The number of aryl methyl sites for hydroxylation is 2. The lowest BCUT2D eigenvalue weighted by Gasteiger charge is -2.18. The van der Waals surface area contributed by atoms with Gasteiger partial charge in [0.25, 0.3) is 0 Å². The van der Waals surface area contributed by atoms with Crippen LogP contribution in [0.25, 0.3) is 0 Å². The molecule has 0 unspecified atom stereocenters. The molecule has 2 aromatic rings. The average Bonchev–Trinajstić information content (AvgIpc) is 2.73. The summed E-state index contributed by atoms with van der Waals surface area (Å²) in [6, 6.07) is 10.1. The molecule has 160 valence electrons. The first-order valence-electron chi connectivity index (χ1n) is 9.08. The van der Waals surface area contributed by atoms with Gasteiger partial charge in [0.15, 0.2) is 13.1 Å². The van der Waals surface area contributed by atoms with Crippen molar-refractivity contribution in [2.45, 2.75) is 25.2 Å². The van der Waals surface area contributed by atoms with Gasteiger partial charge in [-0.05, 0) is 66.6 Å². The van der Waals surface area contributed by atoms with E-state index in [4.69, 9.17) is 23.3 Å². The molecule has 0 radical (unpaired) electrons. The molecule has 0 aliphatic heterocycles. The largest absolute Gasteiger partial charge is 0.481 e. The SMILES string of the molecule is COCOc1cc(SC)ccc1Cc1c(C)cc(OCP(=O)(OC)OC)cc1C. The van der Waals surface area contributed by atoms with Crippen molar-refractivity contribution in [3.05, 3.63) is 52.6 Å². The molecule has 0 spiro atoms. The second-order valence-corrected chi connectivity index (χ2v) is 9.58. The summed E-state index contributed by atoms with van der Waals surface area (Å²) >= 11 is 1.67. The van der Waals surface area contributed by atoms with Crippen LogP contribution in [0.1, 0.15) is 22.3 Å². The molecule has 0 saturated heterocycles. The van der Waals surface area contributed by atoms with Crippen molar-refractivity contribution >= 4 is 19.4 Å². The van der Waals surface area contributed by atoms with Crippen LogP contribution in [-0.4, -0.2) is 40.7 Å². The van der Waals surface area contributed by atoms with Gasteiger partial charge in [-0.2, -0.15) is 0 Å². The Kier molecular flexibility index (Phi) is 9.05. The Morgan fingerprint density at radius 2 is 1.62 bits per heavy atom. The number of methoxy groups -OCH3 is 1. The third kappa shape index (κ3) is 6.49. The molecular formula is C21H29O6PS. The van der Waals surface area contributed by atoms with Crippen molar-refractivity contribution in [1.82, 2.24) is 0 Å². The highest BCUT2D eigenvalue weighted by atomic mass is 32.2. The Balaban J connectivity index is 2.25. The molecule has 8 heteroatoms. The minimum Gasteiger partial charge on any atom is -0.481 e. The van der Waals surface area contributed by atoms with Crippen molar-refractivity contribution in [3.8, 4) is 11.5 Å². The first-order chi connectivity index (χ1) is 13.9. The zero-order valence-electron chi connectivity index (χ0n) is 17.8. The maximum Gasteiger partial charge on any atom is 0.367 e. The third-order valence-electron chi connectivity index (χ3n) is 4.59. The second kappa shape index (κ2) is 11.0. The Hall–Kier alpha value is -1.50. The van der Waals surface area contributed by atoms with Crippen LogP contribution in [-0.2, 0) is 24.8 Å². The quantitative estimate of drug-likeness (QED) is 0.263. The highest BCUT2D eigenvalue weighted by molar-refractivity contribution is 7.98. The van der Waals surface area contributed by atoms with E-state index >= 15 is 0 Å². The van der Waals surface area contributed by atoms with Gasteiger partial charge >= 0.3 is 7.60 Å². The van der Waals surface area contributed by atoms with E-state index in [1.165, 1.54) is 19.8 Å². The van der Waals surface area contributed by atoms with Crippen molar-refractivity contribution in [1.29, 1.82) is 0 Å². The van der Waals surface area contributed by atoms with Crippen LogP contribution in [0.15, 0.2) is 35.2 Å². The highest BCUT2D eigenvalue weighted by Crippen LogP contribution is 2.46. The van der Waals surface area contributed by atoms with E-state index in [-0.39, 0.29) is 13.1 Å². The monoisotopic (exact) mass is 440 g/mol. The van der Waals surface area contributed by atoms with Crippen molar-refractivity contribution in [2.75, 3.05) is 40.7 Å². The molecule has 0 bridgehead atoms. The lowest BCUT2D eigenvalue weighted by atomic mass is 9.95. The van der Waals surface area contributed by atoms with E-state index in [1.54, 1.807) is 18.9 Å². The molecular weight excluding hydrogens is 411 g/mol. The summed E-state index contributed by atoms with van der Waals surface area (Å²) in [5, 5.41) is 0. The van der Waals surface area contributed by atoms with Crippen LogP contribution in [0.2, 0.25) is 0 Å². The topological polar surface area (TPSA) is 63.2 Å². The number of benzene rings is 2. The Morgan fingerprint density at radius 3 is 2.17 bits per heavy atom. The number of rotatable bonds is 11. The van der Waals surface area contributed by atoms with Gasteiger partial charge in [0.2, 0.25) is 0 Å². The lowest BCUT2D eigenvalue weighted by Crippen LogP contribution is -2.05. The van der Waals surface area contributed by atoms with Crippen LogP contribution >= 0.6 is 19.4 Å². The Labute approximate surface area is 177 Å². The first-order valence-corrected chi connectivity index (χ1v) is 12.0. The zero-order chi connectivity index (χ0) is 21.4. The zero-order valence-corrected chi connectivity index (χ0v) is 19.5. The second-order valence-electron chi connectivity index (χ2n) is 6.49. The van der Waals surface area contributed by atoms with Gasteiger partial charge < -0.3 is 23.3 Å². The third-order valence-corrected chi connectivity index (χ3v) is 6.87. The number of ether oxygens (including phenoxy) is 3. The van der Waals surface area contributed by atoms with Gasteiger partial charge in [-0.3, -0.25) is 4.57 Å². The average molecular weight is 440 g/mol. The number of hydrogen-bond donors (Lipinski definition) is 0. The van der Waals surface area contributed by atoms with Gasteiger partial charge in [-0.1, -0.05) is 6.07 Å². The summed E-state index contributed by atoms with van der Waals surface area (Å²) in [5.74, 6) is 1.45. The van der Waals surface area contributed by atoms with Crippen molar-refractivity contribution in [3.63, 3.8) is 0 Å². The molecule has 2 aromatic carbocycles. The van der Waals surface area contributed by atoms with Gasteiger partial charge in [-0.15, -0.1) is 11.8 Å². The van der Waals surface area contributed by atoms with E-state index in [2.05, 4.69) is 12.1 Å². The summed E-state index contributed by atoms with van der Waals surface area (Å²) in [6.07, 6.45) is 2.62. The molecule has 0 N–H and O–H groups in total. The van der Waals surface area contributed by atoms with Crippen molar-refractivity contribution < 1.29 is 27.8 Å². The summed E-state index contributed by atoms with van der Waals surface area (Å²) < 4.78 is 38.5. The minimum atomic E-state index is -3.22. The van der Waals surface area contributed by atoms with Gasteiger partial charge in [0.05, 0.1) is 0 Å². The van der Waals surface area contributed by atoms with Gasteiger partial charge in [0, 0.05) is 32.6 Å². The van der Waals surface area contributed by atoms with Gasteiger partial charge in [0.1, 0.15) is 11.5 Å². The molecule has 0 aromatic heterocycles. The summed E-state index contributed by atoms with van der Waals surface area (Å²) in [4.78, 5) is 1.14. The molecule has 0 aliphatic rings. The summed E-state index contributed by atoms with van der Waals surface area (Å²) in [5.41, 5.74) is 4.44. The number of hydrogen-bond acceptors (Lipinski definition) is 7. The smallest absolute Gasteiger partial charge is 0.367 e. The summed E-state index contributed by atoms with van der Waals surface area (Å²) in [6.45, 7) is 4.27. The Bertz CT molecular complexity index is 839. The van der Waals surface area contributed by atoms with E-state index in [9.17, 15) is 4.57 Å². The predicted molar refractivity (Wildman–Crippen MR) is 117 cm³/mol.